The van der Waals surface area contributed by atoms with Gasteiger partial charge in [0.2, 0.25) is 41.3 Å². The molecule has 0 spiro atoms. The minimum atomic E-state index is -4.71. The number of sulfonamides is 2. The monoisotopic (exact) mass is 1230 g/mol. The number of urea groups is 2. The topological polar surface area (TPSA) is 381 Å². The number of pyridine rings is 1. The summed E-state index contributed by atoms with van der Waals surface area (Å²) in [6.07, 6.45) is 1.03. The number of aromatic carboxylic acids is 1. The Hall–Kier alpha value is -8.15. The predicted octanol–water partition coefficient (Wildman–Crippen LogP) is 6.30. The number of aromatic nitrogens is 7. The third-order valence-electron chi connectivity index (χ3n) is 9.00. The van der Waals surface area contributed by atoms with Crippen molar-refractivity contribution < 1.29 is 90.4 Å². The molecule has 0 atom stereocenters. The van der Waals surface area contributed by atoms with Gasteiger partial charge in [-0.05, 0) is 44.2 Å². The number of carboxylic acid groups (broad SMARTS) is 1. The first kappa shape index (κ1) is 64.4. The van der Waals surface area contributed by atoms with Gasteiger partial charge in [-0.15, -0.1) is 5.10 Å². The van der Waals surface area contributed by atoms with Gasteiger partial charge < -0.3 is 33.2 Å². The van der Waals surface area contributed by atoms with Crippen LogP contribution in [0.1, 0.15) is 57.8 Å². The second-order valence-electron chi connectivity index (χ2n) is 16.3. The number of carbonyl (C=O) groups is 3. The van der Waals surface area contributed by atoms with Crippen molar-refractivity contribution in [1.29, 1.82) is 0 Å². The van der Waals surface area contributed by atoms with E-state index in [1.165, 1.54) is 56.2 Å². The van der Waals surface area contributed by atoms with Gasteiger partial charge in [0, 0.05) is 17.7 Å². The number of methoxy groups -OCH3 is 2. The van der Waals surface area contributed by atoms with E-state index in [9.17, 15) is 62.0 Å². The summed E-state index contributed by atoms with van der Waals surface area (Å²) < 4.78 is 156. The highest BCUT2D eigenvalue weighted by Crippen LogP contribution is 2.34. The van der Waals surface area contributed by atoms with E-state index in [2.05, 4.69) is 44.8 Å². The second kappa shape index (κ2) is 27.1. The van der Waals surface area contributed by atoms with E-state index >= 15 is 0 Å². The number of nitrogens with zero attached hydrogens (tertiary/aromatic N) is 7. The van der Waals surface area contributed by atoms with Gasteiger partial charge in [-0.25, -0.2) is 50.4 Å². The summed E-state index contributed by atoms with van der Waals surface area (Å²) in [4.78, 5) is 63.7. The van der Waals surface area contributed by atoms with Crippen molar-refractivity contribution in [2.75, 3.05) is 30.6 Å². The molecule has 434 valence electrons. The average molecular weight is 1230 g/mol. The Morgan fingerprint density at radius 1 is 0.725 bits per heavy atom. The molecule has 28 nitrogen and oxygen atoms in total. The summed E-state index contributed by atoms with van der Waals surface area (Å²) in [5, 5.41) is 16.9. The van der Waals surface area contributed by atoms with Gasteiger partial charge in [0.05, 0.1) is 59.5 Å². The zero-order valence-electron chi connectivity index (χ0n) is 42.4. The Morgan fingerprint density at radius 3 is 1.70 bits per heavy atom. The minimum absolute atomic E-state index is 0.0612. The Labute approximate surface area is 461 Å². The molecule has 4 amide bonds. The summed E-state index contributed by atoms with van der Waals surface area (Å²) in [6, 6.07) is 8.81. The number of ether oxygens (including phenoxy) is 5. The number of hydrogen-bond donors (Lipinski definition) is 5. The molecule has 5 N–H and O–H groups in total. The third-order valence-corrected chi connectivity index (χ3v) is 14.2. The smallest absolute Gasteiger partial charge is 0.442 e. The maximum Gasteiger partial charge on any atom is 0.442 e. The van der Waals surface area contributed by atoms with Gasteiger partial charge in [0.1, 0.15) is 15.5 Å². The number of nitrogens with one attached hydrogen (secondary N) is 4. The number of carbonyl (C=O) groups excluding carboxylic acids is 2. The number of anilines is 2. The van der Waals surface area contributed by atoms with E-state index in [0.29, 0.717) is 28.4 Å². The number of amides is 4. The van der Waals surface area contributed by atoms with Crippen LogP contribution in [0.15, 0.2) is 90.9 Å². The number of carboxylic acids is 1. The summed E-state index contributed by atoms with van der Waals surface area (Å²) in [6.45, 7) is 4.00. The molecule has 4 heterocycles. The van der Waals surface area contributed by atoms with E-state index in [0.717, 1.165) is 29.1 Å². The van der Waals surface area contributed by atoms with Crippen LogP contribution < -0.4 is 49.5 Å². The molecule has 0 aliphatic rings. The predicted molar refractivity (Wildman–Crippen MR) is 271 cm³/mol. The molecule has 0 bridgehead atoms. The van der Waals surface area contributed by atoms with E-state index in [-0.39, 0.29) is 40.0 Å². The summed E-state index contributed by atoms with van der Waals surface area (Å²) in [7, 11) is -10.6. The second-order valence-corrected chi connectivity index (χ2v) is 22.6. The van der Waals surface area contributed by atoms with Gasteiger partial charge in [0.25, 0.3) is 20.0 Å². The molecule has 0 saturated carbocycles. The van der Waals surface area contributed by atoms with Gasteiger partial charge >= 0.3 is 37.0 Å². The van der Waals surface area contributed by atoms with Crippen LogP contribution in [0, 0.1) is 0 Å². The third kappa shape index (κ3) is 18.2. The van der Waals surface area contributed by atoms with Crippen molar-refractivity contribution in [1.82, 2.24) is 44.1 Å². The Balaban J connectivity index is 0.000000261. The van der Waals surface area contributed by atoms with Crippen LogP contribution >= 0.6 is 23.2 Å². The van der Waals surface area contributed by atoms with E-state index in [1.807, 2.05) is 34.6 Å². The van der Waals surface area contributed by atoms with Gasteiger partial charge in [-0.1, -0.05) is 63.0 Å². The Bertz CT molecular complexity index is 3580. The molecule has 2 aromatic carbocycles. The summed E-state index contributed by atoms with van der Waals surface area (Å²) in [5.41, 5.74) is -0.666. The first-order chi connectivity index (χ1) is 37.2. The fraction of sp³-hybridized carbons (Fsp3) is 0.302. The highest BCUT2D eigenvalue weighted by molar-refractivity contribution is 7.93. The molecule has 0 radical (unpaired) electrons. The number of benzene rings is 2. The molecule has 6 aromatic rings. The number of halogens is 6. The van der Waals surface area contributed by atoms with Crippen molar-refractivity contribution in [3.8, 4) is 35.0 Å². The van der Waals surface area contributed by atoms with E-state index < -0.39 is 105 Å². The lowest BCUT2D eigenvalue weighted by molar-refractivity contribution is -0.0579. The standard InChI is InChI=1S/C15H18Cl2N2O3.C14H10F4N4O7S.C14H17N5O7S2/c1-8(2)21-12-7-11(9(16)6-10(12)17)19-14(20)22-13(18-19)15(3,4)5;15-11(16)28-8-5-9(29-12(17)18)20-13(19-8)21-14(25)22-30(26,27)7-4-2-1-3-6(7)10(23)24;1-4-27(21,22)9-6-5-7-15-12(9)28(23,24)19-14(20)18-13-16-10(25-2)8-11(17-13)26-3/h6-8H,1-5H3;1-5,11-12H,(H,23,24)(H2,19,20,21,22,25);5-8H,4H2,1-3H3,(H2,16,17,18,19,20). The van der Waals surface area contributed by atoms with Crippen LogP contribution in [0.4, 0.5) is 39.0 Å². The Kier molecular flexibility index (Phi) is 21.8. The Morgan fingerprint density at radius 2 is 1.23 bits per heavy atom. The highest BCUT2D eigenvalue weighted by atomic mass is 35.5. The molecule has 0 fully saturated rings. The quantitative estimate of drug-likeness (QED) is 0.0589. The maximum atomic E-state index is 12.5. The number of alkyl halides is 4. The lowest BCUT2D eigenvalue weighted by atomic mass is 9.97. The number of rotatable bonds is 18. The fourth-order valence-corrected chi connectivity index (χ4v) is 9.81. The maximum absolute atomic E-state index is 12.5. The highest BCUT2D eigenvalue weighted by Gasteiger charge is 2.30. The van der Waals surface area contributed by atoms with E-state index in [1.54, 1.807) is 16.1 Å². The van der Waals surface area contributed by atoms with Gasteiger partial charge in [-0.2, -0.15) is 50.6 Å². The molecule has 0 aliphatic heterocycles. The zero-order valence-corrected chi connectivity index (χ0v) is 46.4. The van der Waals surface area contributed by atoms with Crippen LogP contribution in [0.25, 0.3) is 5.69 Å². The molecule has 80 heavy (non-hydrogen) atoms. The van der Waals surface area contributed by atoms with Crippen LogP contribution in [0.3, 0.4) is 0 Å². The number of sulfone groups is 1. The first-order valence-corrected chi connectivity index (χ1v) is 27.3. The molecule has 0 unspecified atom stereocenters. The lowest BCUT2D eigenvalue weighted by Crippen LogP contribution is -2.36. The fourth-order valence-electron chi connectivity index (χ4n) is 5.64. The summed E-state index contributed by atoms with van der Waals surface area (Å²) in [5.74, 6) is -4.82. The van der Waals surface area contributed by atoms with Gasteiger partial charge in [-0.3, -0.25) is 10.6 Å². The average Bonchev–Trinajstić information content (AvgIpc) is 3.77. The number of hydrogen-bond acceptors (Lipinski definition) is 22. The van der Waals surface area contributed by atoms with Crippen molar-refractivity contribution in [2.45, 2.75) is 81.1 Å². The molecule has 0 aliphatic carbocycles. The van der Waals surface area contributed by atoms with E-state index in [4.69, 9.17) is 46.9 Å². The van der Waals surface area contributed by atoms with Crippen molar-refractivity contribution in [2.24, 2.45) is 0 Å². The molecule has 4 aromatic heterocycles. The summed E-state index contributed by atoms with van der Waals surface area (Å²) >= 11 is 12.3. The molecule has 6 rings (SSSR count). The minimum Gasteiger partial charge on any atom is -0.489 e. The molecular weight excluding hydrogens is 1190 g/mol. The van der Waals surface area contributed by atoms with Crippen LogP contribution in [0.2, 0.25) is 10.0 Å². The van der Waals surface area contributed by atoms with Crippen LogP contribution in [-0.4, -0.2) is 122 Å². The van der Waals surface area contributed by atoms with Crippen molar-refractivity contribution >= 4 is 83.0 Å². The molecule has 37 heteroatoms. The lowest BCUT2D eigenvalue weighted by Gasteiger charge is -2.13. The molecule has 0 saturated heterocycles. The van der Waals surface area contributed by atoms with Crippen LogP contribution in [-0.2, 0) is 35.3 Å². The van der Waals surface area contributed by atoms with Crippen LogP contribution in [0.5, 0.6) is 29.3 Å². The molecular formula is C43H45Cl2F4N11O17S3. The zero-order chi connectivity index (χ0) is 60.1. The van der Waals surface area contributed by atoms with Crippen molar-refractivity contribution in [3.05, 3.63) is 98.9 Å². The van der Waals surface area contributed by atoms with Crippen molar-refractivity contribution in [3.63, 3.8) is 0 Å². The largest absolute Gasteiger partial charge is 0.489 e. The van der Waals surface area contributed by atoms with Gasteiger partial charge in [0.15, 0.2) is 14.9 Å². The first-order valence-electron chi connectivity index (χ1n) is 21.9. The SMILES string of the molecule is CC(C)Oc1cc(-n2nc(C(C)(C)C)oc2=O)c(Cl)cc1Cl.CCS(=O)(=O)c1cccnc1S(=O)(=O)NC(=O)Nc1nc(OC)cc(OC)n1.O=C(Nc1nc(OC(F)F)cc(OC(F)F)n1)NS(=O)(=O)c1ccccc1C(=O)O. The normalized spacial score (nSPS) is 11.6.